The Kier molecular flexibility index (Phi) is 7.11. The van der Waals surface area contributed by atoms with Crippen LogP contribution < -0.4 is 5.32 Å². The number of carbonyl (C=O) groups is 1. The number of sulfonamides is 1. The minimum atomic E-state index is -3.64. The number of rotatable bonds is 7. The number of benzene rings is 1. The van der Waals surface area contributed by atoms with E-state index in [1.807, 2.05) is 11.4 Å². The SMILES string of the molecule is CCCCN1CCC(NC(=O)c2cccc(S(=O)(=O)N3CCc4sccc4C3)c2)CC1. The highest BCUT2D eigenvalue weighted by molar-refractivity contribution is 7.89. The third kappa shape index (κ3) is 5.19. The van der Waals surface area contributed by atoms with E-state index in [2.05, 4.69) is 17.1 Å². The van der Waals surface area contributed by atoms with Crippen LogP contribution in [0, 0.1) is 0 Å². The molecule has 1 aromatic carbocycles. The van der Waals surface area contributed by atoms with Gasteiger partial charge in [0.15, 0.2) is 0 Å². The summed E-state index contributed by atoms with van der Waals surface area (Å²) in [4.78, 5) is 16.7. The van der Waals surface area contributed by atoms with Crippen LogP contribution in [-0.4, -0.2) is 55.8 Å². The van der Waals surface area contributed by atoms with E-state index in [1.165, 1.54) is 28.1 Å². The van der Waals surface area contributed by atoms with Crippen molar-refractivity contribution in [3.63, 3.8) is 0 Å². The Balaban J connectivity index is 1.39. The first kappa shape index (κ1) is 22.5. The highest BCUT2D eigenvalue weighted by Gasteiger charge is 2.29. The molecule has 1 aromatic heterocycles. The lowest BCUT2D eigenvalue weighted by molar-refractivity contribution is 0.0910. The van der Waals surface area contributed by atoms with Crippen molar-refractivity contribution in [1.29, 1.82) is 0 Å². The fourth-order valence-corrected chi connectivity index (χ4v) is 6.68. The van der Waals surface area contributed by atoms with E-state index in [0.717, 1.165) is 44.5 Å². The summed E-state index contributed by atoms with van der Waals surface area (Å²) < 4.78 is 27.9. The Bertz CT molecular complexity index is 1010. The monoisotopic (exact) mass is 461 g/mol. The Hall–Kier alpha value is -1.74. The first-order valence-corrected chi connectivity index (χ1v) is 13.5. The number of carbonyl (C=O) groups excluding carboxylic acids is 1. The first-order chi connectivity index (χ1) is 15.0. The molecule has 0 bridgehead atoms. The molecule has 1 amide bonds. The molecule has 2 aliphatic rings. The normalized spacial score (nSPS) is 18.6. The molecule has 0 spiro atoms. The third-order valence-electron chi connectivity index (χ3n) is 6.26. The van der Waals surface area contributed by atoms with Crippen LogP contribution in [0.5, 0.6) is 0 Å². The minimum absolute atomic E-state index is 0.143. The molecular weight excluding hydrogens is 430 g/mol. The molecular formula is C23H31N3O3S2. The average molecular weight is 462 g/mol. The Morgan fingerprint density at radius 1 is 1.19 bits per heavy atom. The number of thiophene rings is 1. The number of hydrogen-bond donors (Lipinski definition) is 1. The third-order valence-corrected chi connectivity index (χ3v) is 9.12. The predicted octanol–water partition coefficient (Wildman–Crippen LogP) is 3.49. The lowest BCUT2D eigenvalue weighted by Crippen LogP contribution is -2.44. The summed E-state index contributed by atoms with van der Waals surface area (Å²) in [6.45, 7) is 6.20. The molecule has 2 aliphatic heterocycles. The van der Waals surface area contributed by atoms with Crippen LogP contribution in [0.2, 0.25) is 0 Å². The van der Waals surface area contributed by atoms with Gasteiger partial charge in [-0.1, -0.05) is 19.4 Å². The molecule has 8 heteroatoms. The second kappa shape index (κ2) is 9.81. The lowest BCUT2D eigenvalue weighted by atomic mass is 10.0. The number of likely N-dealkylation sites (tertiary alicyclic amines) is 1. The van der Waals surface area contributed by atoms with Gasteiger partial charge >= 0.3 is 0 Å². The zero-order chi connectivity index (χ0) is 21.8. The number of piperidine rings is 1. The van der Waals surface area contributed by atoms with Crippen molar-refractivity contribution in [3.05, 3.63) is 51.7 Å². The van der Waals surface area contributed by atoms with Gasteiger partial charge in [0.25, 0.3) is 5.91 Å². The van der Waals surface area contributed by atoms with E-state index in [9.17, 15) is 13.2 Å². The maximum absolute atomic E-state index is 13.2. The summed E-state index contributed by atoms with van der Waals surface area (Å²) in [5.41, 5.74) is 1.49. The van der Waals surface area contributed by atoms with E-state index < -0.39 is 10.0 Å². The van der Waals surface area contributed by atoms with Gasteiger partial charge in [0.2, 0.25) is 10.0 Å². The average Bonchev–Trinajstić information content (AvgIpc) is 3.27. The van der Waals surface area contributed by atoms with Crippen LogP contribution in [-0.2, 0) is 23.0 Å². The molecule has 3 heterocycles. The second-order valence-electron chi connectivity index (χ2n) is 8.43. The Morgan fingerprint density at radius 3 is 2.77 bits per heavy atom. The van der Waals surface area contributed by atoms with E-state index >= 15 is 0 Å². The number of amides is 1. The summed E-state index contributed by atoms with van der Waals surface area (Å²) in [6, 6.07) is 8.60. The molecule has 0 saturated carbocycles. The molecule has 0 radical (unpaired) electrons. The topological polar surface area (TPSA) is 69.7 Å². The van der Waals surface area contributed by atoms with Crippen molar-refractivity contribution in [1.82, 2.24) is 14.5 Å². The molecule has 0 unspecified atom stereocenters. The summed E-state index contributed by atoms with van der Waals surface area (Å²) in [7, 11) is -3.64. The van der Waals surface area contributed by atoms with Crippen LogP contribution in [0.4, 0.5) is 0 Å². The largest absolute Gasteiger partial charge is 0.349 e. The molecule has 1 N–H and O–H groups in total. The van der Waals surface area contributed by atoms with Crippen molar-refractivity contribution >= 4 is 27.3 Å². The van der Waals surface area contributed by atoms with Gasteiger partial charge in [0.1, 0.15) is 0 Å². The van der Waals surface area contributed by atoms with Gasteiger partial charge in [-0.05, 0) is 67.4 Å². The van der Waals surface area contributed by atoms with Gasteiger partial charge < -0.3 is 10.2 Å². The molecule has 0 aliphatic carbocycles. The fourth-order valence-electron chi connectivity index (χ4n) is 4.33. The first-order valence-electron chi connectivity index (χ1n) is 11.2. The van der Waals surface area contributed by atoms with Crippen molar-refractivity contribution in [2.24, 2.45) is 0 Å². The Morgan fingerprint density at radius 2 is 2.00 bits per heavy atom. The van der Waals surface area contributed by atoms with Gasteiger partial charge in [0.05, 0.1) is 4.90 Å². The standard InChI is InChI=1S/C23H31N3O3S2/c1-2-3-11-25-12-7-20(8-13-25)24-23(27)18-5-4-6-21(16-18)31(28,29)26-14-9-22-19(17-26)10-15-30-22/h4-6,10,15-16,20H,2-3,7-9,11-14,17H2,1H3,(H,24,27). The number of hydrogen-bond acceptors (Lipinski definition) is 5. The van der Waals surface area contributed by atoms with Gasteiger partial charge in [-0.25, -0.2) is 8.42 Å². The summed E-state index contributed by atoms with van der Waals surface area (Å²) in [5.74, 6) is -0.192. The fraction of sp³-hybridized carbons (Fsp3) is 0.522. The number of unbranched alkanes of at least 4 members (excludes halogenated alkanes) is 1. The molecule has 31 heavy (non-hydrogen) atoms. The zero-order valence-electron chi connectivity index (χ0n) is 18.0. The minimum Gasteiger partial charge on any atom is -0.349 e. The molecule has 168 valence electrons. The molecule has 4 rings (SSSR count). The van der Waals surface area contributed by atoms with Gasteiger partial charge in [-0.2, -0.15) is 4.31 Å². The Labute approximate surface area is 189 Å². The maximum Gasteiger partial charge on any atom is 0.251 e. The predicted molar refractivity (Wildman–Crippen MR) is 124 cm³/mol. The summed E-state index contributed by atoms with van der Waals surface area (Å²) in [6.07, 6.45) is 5.02. The zero-order valence-corrected chi connectivity index (χ0v) is 19.7. The molecule has 0 atom stereocenters. The van der Waals surface area contributed by atoms with E-state index in [-0.39, 0.29) is 16.8 Å². The summed E-state index contributed by atoms with van der Waals surface area (Å²) in [5, 5.41) is 5.12. The highest BCUT2D eigenvalue weighted by atomic mass is 32.2. The second-order valence-corrected chi connectivity index (χ2v) is 11.4. The highest BCUT2D eigenvalue weighted by Crippen LogP contribution is 2.28. The molecule has 2 aromatic rings. The van der Waals surface area contributed by atoms with Crippen LogP contribution in [0.15, 0.2) is 40.6 Å². The van der Waals surface area contributed by atoms with Crippen molar-refractivity contribution < 1.29 is 13.2 Å². The van der Waals surface area contributed by atoms with Crippen molar-refractivity contribution in [2.45, 2.75) is 56.5 Å². The van der Waals surface area contributed by atoms with E-state index in [4.69, 9.17) is 0 Å². The van der Waals surface area contributed by atoms with Crippen LogP contribution in [0.1, 0.15) is 53.4 Å². The van der Waals surface area contributed by atoms with Crippen molar-refractivity contribution in [3.8, 4) is 0 Å². The van der Waals surface area contributed by atoms with E-state index in [1.54, 1.807) is 29.5 Å². The van der Waals surface area contributed by atoms with Crippen LogP contribution in [0.3, 0.4) is 0 Å². The number of fused-ring (bicyclic) bond motifs is 1. The molecule has 1 fully saturated rings. The van der Waals surface area contributed by atoms with Crippen molar-refractivity contribution in [2.75, 3.05) is 26.2 Å². The molecule has 1 saturated heterocycles. The van der Waals surface area contributed by atoms with Gasteiger partial charge in [0, 0.05) is 42.7 Å². The number of nitrogens with zero attached hydrogens (tertiary/aromatic N) is 2. The van der Waals surface area contributed by atoms with E-state index in [0.29, 0.717) is 18.7 Å². The van der Waals surface area contributed by atoms with Crippen LogP contribution in [0.25, 0.3) is 0 Å². The lowest BCUT2D eigenvalue weighted by Gasteiger charge is -2.32. The maximum atomic E-state index is 13.2. The number of nitrogens with one attached hydrogen (secondary N) is 1. The van der Waals surface area contributed by atoms with Gasteiger partial charge in [-0.3, -0.25) is 4.79 Å². The quantitative estimate of drug-likeness (QED) is 0.685. The van der Waals surface area contributed by atoms with Gasteiger partial charge in [-0.15, -0.1) is 11.3 Å². The molecule has 6 nitrogen and oxygen atoms in total. The smallest absolute Gasteiger partial charge is 0.251 e. The van der Waals surface area contributed by atoms with Crippen LogP contribution >= 0.6 is 11.3 Å². The summed E-state index contributed by atoms with van der Waals surface area (Å²) >= 11 is 1.68.